The van der Waals surface area contributed by atoms with Crippen molar-refractivity contribution in [1.29, 1.82) is 0 Å². The molecule has 0 N–H and O–H groups in total. The summed E-state index contributed by atoms with van der Waals surface area (Å²) >= 11 is 0. The first-order chi connectivity index (χ1) is 20.3. The molecule has 6 heteroatoms. The predicted molar refractivity (Wildman–Crippen MR) is 160 cm³/mol. The number of tetrazole rings is 1. The second-order valence-electron chi connectivity index (χ2n) is 9.68. The smallest absolute Gasteiger partial charge is 0.205 e. The van der Waals surface area contributed by atoms with Gasteiger partial charge in [0.05, 0.1) is 0 Å². The Kier molecular flexibility index (Phi) is 7.50. The molecule has 0 bridgehead atoms. The van der Waals surface area contributed by atoms with Crippen LogP contribution in [0, 0.1) is 0 Å². The lowest BCUT2D eigenvalue weighted by Gasteiger charge is -2.34. The number of hydrogen-bond acceptors (Lipinski definition) is 5. The highest BCUT2D eigenvalue weighted by molar-refractivity contribution is 5.80. The van der Waals surface area contributed by atoms with Crippen LogP contribution in [0.2, 0.25) is 0 Å². The molecule has 0 aliphatic rings. The summed E-state index contributed by atoms with van der Waals surface area (Å²) in [6.07, 6.45) is -0.414. The lowest BCUT2D eigenvalue weighted by Crippen LogP contribution is -2.39. The van der Waals surface area contributed by atoms with Gasteiger partial charge in [-0.2, -0.15) is 0 Å². The molecular weight excluding hydrogens is 508 g/mol. The Hall–Kier alpha value is -4.91. The highest BCUT2D eigenvalue weighted by Crippen LogP contribution is 2.40. The molecule has 6 aromatic rings. The van der Waals surface area contributed by atoms with Gasteiger partial charge in [0.2, 0.25) is 5.82 Å². The summed E-state index contributed by atoms with van der Waals surface area (Å²) in [6, 6.07) is 47.3. The molecule has 0 aliphatic carbocycles. The minimum atomic E-state index is -0.832. The number of aromatic nitrogens is 4. The lowest BCUT2D eigenvalue weighted by molar-refractivity contribution is -0.106. The molecule has 6 rings (SSSR count). The fourth-order valence-corrected chi connectivity index (χ4v) is 5.47. The monoisotopic (exact) mass is 538 g/mol. The minimum absolute atomic E-state index is 0.414. The molecule has 6 nitrogen and oxygen atoms in total. The van der Waals surface area contributed by atoms with Crippen molar-refractivity contribution in [2.24, 2.45) is 0 Å². The van der Waals surface area contributed by atoms with Crippen LogP contribution in [-0.4, -0.2) is 34.4 Å². The van der Waals surface area contributed by atoms with Crippen molar-refractivity contribution in [3.8, 4) is 22.5 Å². The van der Waals surface area contributed by atoms with Gasteiger partial charge in [-0.15, -0.1) is 15.0 Å². The highest BCUT2D eigenvalue weighted by Gasteiger charge is 2.41. The quantitative estimate of drug-likeness (QED) is 0.145. The summed E-state index contributed by atoms with van der Waals surface area (Å²) < 4.78 is 10.8. The largest absolute Gasteiger partial charge is 0.352 e. The van der Waals surface area contributed by atoms with E-state index in [4.69, 9.17) is 19.8 Å². The van der Waals surface area contributed by atoms with Crippen LogP contribution in [0.5, 0.6) is 0 Å². The second-order valence-corrected chi connectivity index (χ2v) is 9.68. The summed E-state index contributed by atoms with van der Waals surface area (Å²) in [7, 11) is 3.26. The Balaban J connectivity index is 1.51. The normalized spacial score (nSPS) is 11.6. The van der Waals surface area contributed by atoms with Crippen LogP contribution in [0.3, 0.4) is 0 Å². The molecule has 0 atom stereocenters. The third-order valence-electron chi connectivity index (χ3n) is 7.38. The Morgan fingerprint density at radius 1 is 0.561 bits per heavy atom. The van der Waals surface area contributed by atoms with Crippen LogP contribution in [0.15, 0.2) is 140 Å². The van der Waals surface area contributed by atoms with E-state index < -0.39 is 11.8 Å². The number of rotatable bonds is 9. The van der Waals surface area contributed by atoms with Gasteiger partial charge in [-0.25, -0.2) is 0 Å². The maximum Gasteiger partial charge on any atom is 0.205 e. The minimum Gasteiger partial charge on any atom is -0.352 e. The fraction of sp³-hybridized carbons (Fsp3) is 0.114. The molecule has 5 aromatic carbocycles. The average Bonchev–Trinajstić information content (AvgIpc) is 3.54. The van der Waals surface area contributed by atoms with Crippen molar-refractivity contribution in [1.82, 2.24) is 20.2 Å². The number of nitrogens with zero attached hydrogens (tertiary/aromatic N) is 4. The summed E-state index contributed by atoms with van der Waals surface area (Å²) in [5.41, 5.74) is 6.16. The molecule has 1 heterocycles. The van der Waals surface area contributed by atoms with Gasteiger partial charge in [0.1, 0.15) is 0 Å². The number of methoxy groups -OCH3 is 2. The molecule has 0 unspecified atom stereocenters. The third-order valence-corrected chi connectivity index (χ3v) is 7.38. The van der Waals surface area contributed by atoms with Crippen LogP contribution >= 0.6 is 0 Å². The molecule has 0 saturated heterocycles. The molecule has 0 amide bonds. The molecule has 1 aromatic heterocycles. The molecule has 0 saturated carbocycles. The van der Waals surface area contributed by atoms with E-state index in [2.05, 4.69) is 59.7 Å². The number of benzene rings is 5. The molecule has 0 radical (unpaired) electrons. The van der Waals surface area contributed by atoms with Gasteiger partial charge in [-0.05, 0) is 33.0 Å². The first-order valence-corrected chi connectivity index (χ1v) is 13.5. The van der Waals surface area contributed by atoms with Crippen molar-refractivity contribution in [3.63, 3.8) is 0 Å². The molecular formula is C35H30N4O2. The standard InChI is InChI=1S/C35H30N4O2/c1-40-34(41-2)27-24-22-26(23-25-27)31-20-12-13-21-32(31)33-36-38-39(37-33)35(28-14-6-3-7-15-28,29-16-8-4-9-17-29)30-18-10-5-11-19-30/h3-25,34H,1-2H3. The van der Waals surface area contributed by atoms with Crippen LogP contribution in [0.25, 0.3) is 22.5 Å². The topological polar surface area (TPSA) is 62.1 Å². The van der Waals surface area contributed by atoms with Crippen molar-refractivity contribution >= 4 is 0 Å². The van der Waals surface area contributed by atoms with E-state index in [-0.39, 0.29) is 0 Å². The zero-order valence-electron chi connectivity index (χ0n) is 23.0. The summed E-state index contributed by atoms with van der Waals surface area (Å²) in [5.74, 6) is 0.545. The Morgan fingerprint density at radius 3 is 1.51 bits per heavy atom. The first kappa shape index (κ1) is 26.3. The maximum absolute atomic E-state index is 5.41. The van der Waals surface area contributed by atoms with Gasteiger partial charge in [0.25, 0.3) is 0 Å². The van der Waals surface area contributed by atoms with Crippen LogP contribution in [0.1, 0.15) is 28.5 Å². The zero-order chi connectivity index (χ0) is 28.1. The Bertz CT molecular complexity index is 1600. The molecule has 202 valence electrons. The van der Waals surface area contributed by atoms with E-state index in [9.17, 15) is 0 Å². The van der Waals surface area contributed by atoms with Crippen LogP contribution in [-0.2, 0) is 15.0 Å². The molecule has 0 spiro atoms. The van der Waals surface area contributed by atoms with Crippen molar-refractivity contribution in [3.05, 3.63) is 162 Å². The zero-order valence-corrected chi connectivity index (χ0v) is 23.0. The SMILES string of the molecule is COC(OC)c1ccc(-c2ccccc2-c2nnn(C(c3ccccc3)(c3ccccc3)c3ccccc3)n2)cc1. The number of ether oxygens (including phenoxy) is 2. The fourth-order valence-electron chi connectivity index (χ4n) is 5.47. The van der Waals surface area contributed by atoms with Crippen molar-refractivity contribution in [2.75, 3.05) is 14.2 Å². The van der Waals surface area contributed by atoms with Gasteiger partial charge >= 0.3 is 0 Å². The second kappa shape index (κ2) is 11.7. The van der Waals surface area contributed by atoms with Crippen molar-refractivity contribution in [2.45, 2.75) is 11.8 Å². The van der Waals surface area contributed by atoms with Gasteiger partial charge in [0.15, 0.2) is 11.8 Å². The van der Waals surface area contributed by atoms with E-state index in [0.29, 0.717) is 5.82 Å². The van der Waals surface area contributed by atoms with Gasteiger partial charge in [-0.1, -0.05) is 140 Å². The van der Waals surface area contributed by atoms with E-state index >= 15 is 0 Å². The number of hydrogen-bond donors (Lipinski definition) is 0. The summed E-state index contributed by atoms with van der Waals surface area (Å²) in [6.45, 7) is 0. The summed E-state index contributed by atoms with van der Waals surface area (Å²) in [5, 5.41) is 14.5. The highest BCUT2D eigenvalue weighted by atomic mass is 16.7. The van der Waals surface area contributed by atoms with Crippen LogP contribution in [0.4, 0.5) is 0 Å². The first-order valence-electron chi connectivity index (χ1n) is 13.5. The van der Waals surface area contributed by atoms with Gasteiger partial charge in [0, 0.05) is 25.3 Å². The lowest BCUT2D eigenvalue weighted by atomic mass is 9.77. The molecule has 0 aliphatic heterocycles. The Morgan fingerprint density at radius 2 is 1.02 bits per heavy atom. The van der Waals surface area contributed by atoms with E-state index in [1.165, 1.54) is 0 Å². The van der Waals surface area contributed by atoms with E-state index in [0.717, 1.165) is 38.9 Å². The van der Waals surface area contributed by atoms with E-state index in [1.807, 2.05) is 84.9 Å². The predicted octanol–water partition coefficient (Wildman–Crippen LogP) is 7.14. The van der Waals surface area contributed by atoms with Gasteiger partial charge < -0.3 is 9.47 Å². The Labute approximate surface area is 239 Å². The van der Waals surface area contributed by atoms with Crippen LogP contribution < -0.4 is 0 Å². The molecule has 0 fully saturated rings. The maximum atomic E-state index is 5.41. The van der Waals surface area contributed by atoms with E-state index in [1.54, 1.807) is 19.0 Å². The summed E-state index contributed by atoms with van der Waals surface area (Å²) in [4.78, 5) is 1.75. The van der Waals surface area contributed by atoms with Gasteiger partial charge in [-0.3, -0.25) is 0 Å². The molecule has 41 heavy (non-hydrogen) atoms. The average molecular weight is 539 g/mol. The van der Waals surface area contributed by atoms with Crippen molar-refractivity contribution < 1.29 is 9.47 Å². The third kappa shape index (κ3) is 4.84.